The van der Waals surface area contributed by atoms with E-state index < -0.39 is 0 Å². The zero-order valence-corrected chi connectivity index (χ0v) is 12.2. The lowest BCUT2D eigenvalue weighted by atomic mass is 10.1. The maximum absolute atomic E-state index is 12.7. The molecule has 2 nitrogen and oxygen atoms in total. The summed E-state index contributed by atoms with van der Waals surface area (Å²) in [4.78, 5) is 2.36. The fourth-order valence-corrected chi connectivity index (χ4v) is 2.08. The number of hydrogen-bond donors (Lipinski definition) is 1. The van der Waals surface area contributed by atoms with Gasteiger partial charge in [0.15, 0.2) is 0 Å². The van der Waals surface area contributed by atoms with Gasteiger partial charge in [-0.2, -0.15) is 0 Å². The first-order valence-corrected chi connectivity index (χ1v) is 5.90. The van der Waals surface area contributed by atoms with Crippen molar-refractivity contribution in [3.8, 4) is 0 Å². The SMILES string of the molecule is CN1CCC(NCc2ccc(F)cc2)CC1.Cl.Cl. The highest BCUT2D eigenvalue weighted by Crippen LogP contribution is 2.09. The molecule has 0 saturated carbocycles. The van der Waals surface area contributed by atoms with E-state index in [2.05, 4.69) is 17.3 Å². The topological polar surface area (TPSA) is 15.3 Å². The fraction of sp³-hybridized carbons (Fsp3) is 0.538. The normalized spacial score (nSPS) is 16.8. The van der Waals surface area contributed by atoms with Gasteiger partial charge in [-0.15, -0.1) is 24.8 Å². The summed E-state index contributed by atoms with van der Waals surface area (Å²) in [6.45, 7) is 3.18. The van der Waals surface area contributed by atoms with Crippen LogP contribution in [0.5, 0.6) is 0 Å². The van der Waals surface area contributed by atoms with Crippen molar-refractivity contribution in [3.05, 3.63) is 35.6 Å². The average molecular weight is 295 g/mol. The summed E-state index contributed by atoms with van der Waals surface area (Å²) >= 11 is 0. The van der Waals surface area contributed by atoms with Crippen LogP contribution < -0.4 is 5.32 Å². The van der Waals surface area contributed by atoms with E-state index in [9.17, 15) is 4.39 Å². The Labute approximate surface area is 121 Å². The zero-order chi connectivity index (χ0) is 11.4. The molecule has 0 amide bonds. The van der Waals surface area contributed by atoms with Crippen LogP contribution in [-0.2, 0) is 6.54 Å². The third-order valence-electron chi connectivity index (χ3n) is 3.23. The molecule has 2 rings (SSSR count). The molecule has 0 spiro atoms. The summed E-state index contributed by atoms with van der Waals surface area (Å²) < 4.78 is 12.7. The van der Waals surface area contributed by atoms with E-state index in [0.29, 0.717) is 6.04 Å². The predicted molar refractivity (Wildman–Crippen MR) is 78.3 cm³/mol. The van der Waals surface area contributed by atoms with Crippen molar-refractivity contribution in [2.24, 2.45) is 0 Å². The van der Waals surface area contributed by atoms with Gasteiger partial charge >= 0.3 is 0 Å². The minimum Gasteiger partial charge on any atom is -0.310 e. The van der Waals surface area contributed by atoms with E-state index in [4.69, 9.17) is 0 Å². The molecule has 0 aromatic heterocycles. The Morgan fingerprint density at radius 1 is 1.17 bits per heavy atom. The number of likely N-dealkylation sites (tertiary alicyclic amines) is 1. The second-order valence-electron chi connectivity index (χ2n) is 4.58. The highest BCUT2D eigenvalue weighted by atomic mass is 35.5. The fourth-order valence-electron chi connectivity index (χ4n) is 2.08. The molecule has 1 aliphatic heterocycles. The van der Waals surface area contributed by atoms with Crippen molar-refractivity contribution in [3.63, 3.8) is 0 Å². The van der Waals surface area contributed by atoms with Gasteiger partial charge in [-0.1, -0.05) is 12.1 Å². The standard InChI is InChI=1S/C13H19FN2.2ClH/c1-16-8-6-13(7-9-16)15-10-11-2-4-12(14)5-3-11;;/h2-5,13,15H,6-10H2,1H3;2*1H. The molecule has 0 aliphatic carbocycles. The Kier molecular flexibility index (Phi) is 8.53. The Morgan fingerprint density at radius 3 is 2.28 bits per heavy atom. The molecular formula is C13H21Cl2FN2. The Morgan fingerprint density at radius 2 is 1.72 bits per heavy atom. The molecule has 0 bridgehead atoms. The quantitative estimate of drug-likeness (QED) is 0.922. The average Bonchev–Trinajstić information content (AvgIpc) is 2.30. The molecule has 0 atom stereocenters. The molecule has 18 heavy (non-hydrogen) atoms. The van der Waals surface area contributed by atoms with Crippen molar-refractivity contribution in [2.75, 3.05) is 20.1 Å². The molecule has 1 aliphatic rings. The number of hydrogen-bond acceptors (Lipinski definition) is 2. The number of nitrogens with one attached hydrogen (secondary N) is 1. The highest BCUT2D eigenvalue weighted by molar-refractivity contribution is 5.85. The maximum Gasteiger partial charge on any atom is 0.123 e. The Hall–Kier alpha value is -0.350. The molecule has 1 N–H and O–H groups in total. The minimum atomic E-state index is -0.164. The van der Waals surface area contributed by atoms with Crippen molar-refractivity contribution >= 4 is 24.8 Å². The highest BCUT2D eigenvalue weighted by Gasteiger charge is 2.15. The van der Waals surface area contributed by atoms with Crippen LogP contribution in [0.3, 0.4) is 0 Å². The van der Waals surface area contributed by atoms with Crippen LogP contribution in [0, 0.1) is 5.82 Å². The minimum absolute atomic E-state index is 0. The third-order valence-corrected chi connectivity index (χ3v) is 3.23. The van der Waals surface area contributed by atoms with Crippen LogP contribution in [0.4, 0.5) is 4.39 Å². The van der Waals surface area contributed by atoms with Crippen LogP contribution in [0.2, 0.25) is 0 Å². The molecular weight excluding hydrogens is 274 g/mol. The maximum atomic E-state index is 12.7. The van der Waals surface area contributed by atoms with E-state index in [0.717, 1.165) is 12.1 Å². The van der Waals surface area contributed by atoms with E-state index in [1.54, 1.807) is 0 Å². The molecule has 1 fully saturated rings. The second kappa shape index (κ2) is 8.70. The first-order chi connectivity index (χ1) is 7.74. The van der Waals surface area contributed by atoms with Gasteiger partial charge in [0.05, 0.1) is 0 Å². The van der Waals surface area contributed by atoms with Gasteiger partial charge in [0, 0.05) is 12.6 Å². The zero-order valence-electron chi connectivity index (χ0n) is 10.6. The molecule has 1 heterocycles. The van der Waals surface area contributed by atoms with E-state index in [1.807, 2.05) is 12.1 Å². The summed E-state index contributed by atoms with van der Waals surface area (Å²) in [6, 6.07) is 7.34. The van der Waals surface area contributed by atoms with Crippen LogP contribution in [0.15, 0.2) is 24.3 Å². The molecule has 5 heteroatoms. The Balaban J connectivity index is 0.00000144. The van der Waals surface area contributed by atoms with Gasteiger partial charge in [0.25, 0.3) is 0 Å². The lowest BCUT2D eigenvalue weighted by Crippen LogP contribution is -2.40. The first-order valence-electron chi connectivity index (χ1n) is 5.90. The number of nitrogens with zero attached hydrogens (tertiary/aromatic N) is 1. The van der Waals surface area contributed by atoms with E-state index in [1.165, 1.54) is 38.1 Å². The Bertz CT molecular complexity index is 324. The summed E-state index contributed by atoms with van der Waals surface area (Å²) in [5.74, 6) is -0.164. The molecule has 104 valence electrons. The molecule has 0 unspecified atom stereocenters. The summed E-state index contributed by atoms with van der Waals surface area (Å²) in [5, 5.41) is 3.53. The molecule has 1 saturated heterocycles. The van der Waals surface area contributed by atoms with Crippen molar-refractivity contribution < 1.29 is 4.39 Å². The van der Waals surface area contributed by atoms with Crippen LogP contribution in [-0.4, -0.2) is 31.1 Å². The van der Waals surface area contributed by atoms with Gasteiger partial charge < -0.3 is 10.2 Å². The molecule has 0 radical (unpaired) electrons. The summed E-state index contributed by atoms with van der Waals surface area (Å²) in [5.41, 5.74) is 1.15. The summed E-state index contributed by atoms with van der Waals surface area (Å²) in [7, 11) is 2.16. The van der Waals surface area contributed by atoms with E-state index >= 15 is 0 Å². The third kappa shape index (κ3) is 5.53. The second-order valence-corrected chi connectivity index (χ2v) is 4.58. The van der Waals surface area contributed by atoms with Crippen LogP contribution in [0.25, 0.3) is 0 Å². The van der Waals surface area contributed by atoms with E-state index in [-0.39, 0.29) is 30.6 Å². The monoisotopic (exact) mass is 294 g/mol. The van der Waals surface area contributed by atoms with Gasteiger partial charge in [-0.3, -0.25) is 0 Å². The van der Waals surface area contributed by atoms with Crippen molar-refractivity contribution in [1.82, 2.24) is 10.2 Å². The molecule has 1 aromatic carbocycles. The number of piperidine rings is 1. The van der Waals surface area contributed by atoms with Crippen molar-refractivity contribution in [1.29, 1.82) is 0 Å². The number of benzene rings is 1. The number of halogens is 3. The lowest BCUT2D eigenvalue weighted by Gasteiger charge is -2.29. The lowest BCUT2D eigenvalue weighted by molar-refractivity contribution is 0.234. The van der Waals surface area contributed by atoms with Gasteiger partial charge in [-0.25, -0.2) is 4.39 Å². The number of rotatable bonds is 3. The van der Waals surface area contributed by atoms with Crippen LogP contribution >= 0.6 is 24.8 Å². The largest absolute Gasteiger partial charge is 0.310 e. The summed E-state index contributed by atoms with van der Waals surface area (Å²) in [6.07, 6.45) is 2.41. The van der Waals surface area contributed by atoms with Crippen LogP contribution in [0.1, 0.15) is 18.4 Å². The molecule has 1 aromatic rings. The predicted octanol–water partition coefficient (Wildman–Crippen LogP) is 2.85. The van der Waals surface area contributed by atoms with Gasteiger partial charge in [0.1, 0.15) is 5.82 Å². The smallest absolute Gasteiger partial charge is 0.123 e. The van der Waals surface area contributed by atoms with Crippen molar-refractivity contribution in [2.45, 2.75) is 25.4 Å². The first kappa shape index (κ1) is 17.6. The van der Waals surface area contributed by atoms with Gasteiger partial charge in [-0.05, 0) is 50.7 Å². The van der Waals surface area contributed by atoms with Gasteiger partial charge in [0.2, 0.25) is 0 Å².